The summed E-state index contributed by atoms with van der Waals surface area (Å²) >= 11 is 0. The number of fused-ring (bicyclic) bond motifs is 1. The van der Waals surface area contributed by atoms with Crippen LogP contribution in [0, 0.1) is 23.1 Å². The number of ether oxygens (including phenoxy) is 1. The summed E-state index contributed by atoms with van der Waals surface area (Å²) in [4.78, 5) is 26.7. The minimum atomic E-state index is -1.43. The molecule has 2 aliphatic heterocycles. The number of nitrogens with zero attached hydrogens (tertiary/aromatic N) is 1. The van der Waals surface area contributed by atoms with Gasteiger partial charge in [-0.25, -0.2) is 9.18 Å². The third kappa shape index (κ3) is 4.62. The lowest BCUT2D eigenvalue weighted by atomic mass is 9.97. The van der Waals surface area contributed by atoms with Crippen molar-refractivity contribution in [2.24, 2.45) is 0 Å². The second-order valence-corrected chi connectivity index (χ2v) is 8.87. The van der Waals surface area contributed by atoms with Gasteiger partial charge in [-0.05, 0) is 54.1 Å². The smallest absolute Gasteiger partial charge is 0.318 e. The van der Waals surface area contributed by atoms with Crippen LogP contribution in [0.1, 0.15) is 32.6 Å². The molecule has 9 heteroatoms. The molecule has 4 N–H and O–H groups in total. The molecule has 1 fully saturated rings. The average molecular weight is 499 g/mol. The molecule has 0 aliphatic carbocycles. The first kappa shape index (κ1) is 24.0. The molecule has 1 saturated heterocycles. The van der Waals surface area contributed by atoms with Gasteiger partial charge in [-0.15, -0.1) is 0 Å². The highest BCUT2D eigenvalue weighted by Crippen LogP contribution is 2.29. The lowest BCUT2D eigenvalue weighted by Gasteiger charge is -2.30. The van der Waals surface area contributed by atoms with Gasteiger partial charge >= 0.3 is 6.03 Å². The van der Waals surface area contributed by atoms with E-state index < -0.39 is 17.8 Å². The zero-order chi connectivity index (χ0) is 26.2. The van der Waals surface area contributed by atoms with E-state index in [-0.39, 0.29) is 24.0 Å². The Morgan fingerprint density at radius 1 is 1.14 bits per heavy atom. The van der Waals surface area contributed by atoms with Crippen molar-refractivity contribution < 1.29 is 23.8 Å². The maximum absolute atomic E-state index is 13.2. The molecule has 2 aliphatic rings. The zero-order valence-corrected chi connectivity index (χ0v) is 19.8. The van der Waals surface area contributed by atoms with E-state index in [1.807, 2.05) is 6.07 Å². The third-order valence-corrected chi connectivity index (χ3v) is 6.44. The van der Waals surface area contributed by atoms with Crippen molar-refractivity contribution >= 4 is 17.6 Å². The molecule has 3 aromatic rings. The van der Waals surface area contributed by atoms with E-state index in [1.54, 1.807) is 48.5 Å². The monoisotopic (exact) mass is 498 g/mol. The number of halogens is 1. The Morgan fingerprint density at radius 3 is 2.43 bits per heavy atom. The standard InChI is InChI=1S/C28H23FN4O4/c1-37-22-11-8-20-15-33(25(34)23(20)14-22)16-28(26(35)31-27(36)32-28)13-12-17-2-4-18(5-3-17)24(30)19-6-9-21(29)10-7-19/h2-11,14,26,30,35H,15-16H2,1H3,(H2,31,32,36). The van der Waals surface area contributed by atoms with Gasteiger partial charge < -0.3 is 25.4 Å². The van der Waals surface area contributed by atoms with Crippen LogP contribution in [0.2, 0.25) is 0 Å². The van der Waals surface area contributed by atoms with Crippen LogP contribution >= 0.6 is 0 Å². The molecule has 2 atom stereocenters. The number of nitrogens with one attached hydrogen (secondary N) is 3. The Bertz CT molecular complexity index is 1460. The van der Waals surface area contributed by atoms with Gasteiger partial charge in [-0.2, -0.15) is 0 Å². The van der Waals surface area contributed by atoms with Gasteiger partial charge in [0.1, 0.15) is 11.6 Å². The lowest BCUT2D eigenvalue weighted by Crippen LogP contribution is -2.56. The molecule has 3 aromatic carbocycles. The van der Waals surface area contributed by atoms with Gasteiger partial charge in [-0.1, -0.05) is 30.0 Å². The number of rotatable bonds is 5. The van der Waals surface area contributed by atoms with Gasteiger partial charge in [-0.3, -0.25) is 10.2 Å². The molecule has 8 nitrogen and oxygen atoms in total. The maximum Gasteiger partial charge on any atom is 0.318 e. The molecule has 5 rings (SSSR count). The molecule has 2 unspecified atom stereocenters. The van der Waals surface area contributed by atoms with E-state index in [9.17, 15) is 19.1 Å². The molecule has 2 heterocycles. The molecule has 0 spiro atoms. The second-order valence-electron chi connectivity index (χ2n) is 8.87. The fraction of sp³-hybridized carbons (Fsp3) is 0.179. The maximum atomic E-state index is 13.2. The number of urea groups is 1. The first-order valence-corrected chi connectivity index (χ1v) is 11.5. The predicted molar refractivity (Wildman–Crippen MR) is 134 cm³/mol. The van der Waals surface area contributed by atoms with Crippen molar-refractivity contribution in [3.8, 4) is 17.6 Å². The summed E-state index contributed by atoms with van der Waals surface area (Å²) in [6.07, 6.45) is -1.34. The summed E-state index contributed by atoms with van der Waals surface area (Å²) in [7, 11) is 1.53. The molecule has 0 radical (unpaired) electrons. The van der Waals surface area contributed by atoms with Crippen molar-refractivity contribution in [2.75, 3.05) is 13.7 Å². The van der Waals surface area contributed by atoms with Crippen LogP contribution in [0.25, 0.3) is 0 Å². The first-order valence-electron chi connectivity index (χ1n) is 11.5. The number of hydrogen-bond acceptors (Lipinski definition) is 5. The fourth-order valence-electron chi connectivity index (χ4n) is 4.40. The SMILES string of the molecule is COc1ccc2c(c1)C(=O)N(CC1(C#Cc3ccc(C(=N)c4ccc(F)cc4)cc3)NC(=O)NC1O)C2. The van der Waals surface area contributed by atoms with Crippen LogP contribution in [-0.4, -0.2) is 53.1 Å². The molecule has 0 bridgehead atoms. The number of amides is 3. The summed E-state index contributed by atoms with van der Waals surface area (Å²) in [5.41, 5.74) is 1.92. The van der Waals surface area contributed by atoms with Crippen LogP contribution in [0.3, 0.4) is 0 Å². The Hall–Kier alpha value is -4.68. The number of methoxy groups -OCH3 is 1. The predicted octanol–water partition coefficient (Wildman–Crippen LogP) is 2.63. The summed E-state index contributed by atoms with van der Waals surface area (Å²) in [5, 5.41) is 24.1. The average Bonchev–Trinajstić information content (AvgIpc) is 3.36. The Labute approximate surface area is 212 Å². The lowest BCUT2D eigenvalue weighted by molar-refractivity contribution is 0.0611. The fourth-order valence-corrected chi connectivity index (χ4v) is 4.40. The van der Waals surface area contributed by atoms with Crippen LogP contribution in [0.15, 0.2) is 66.7 Å². The highest BCUT2D eigenvalue weighted by molar-refractivity contribution is 6.10. The minimum absolute atomic E-state index is 0.0387. The van der Waals surface area contributed by atoms with Crippen molar-refractivity contribution in [2.45, 2.75) is 18.3 Å². The van der Waals surface area contributed by atoms with E-state index in [1.165, 1.54) is 24.1 Å². The highest BCUT2D eigenvalue weighted by Gasteiger charge is 2.48. The summed E-state index contributed by atoms with van der Waals surface area (Å²) < 4.78 is 18.4. The van der Waals surface area contributed by atoms with Gasteiger partial charge in [0.05, 0.1) is 19.4 Å². The zero-order valence-electron chi connectivity index (χ0n) is 19.8. The van der Waals surface area contributed by atoms with Crippen molar-refractivity contribution in [1.82, 2.24) is 15.5 Å². The van der Waals surface area contributed by atoms with Crippen LogP contribution in [-0.2, 0) is 6.54 Å². The van der Waals surface area contributed by atoms with E-state index in [2.05, 4.69) is 22.5 Å². The van der Waals surface area contributed by atoms with Crippen LogP contribution < -0.4 is 15.4 Å². The molecular formula is C28H23FN4O4. The normalized spacial score (nSPS) is 20.0. The minimum Gasteiger partial charge on any atom is -0.497 e. The summed E-state index contributed by atoms with van der Waals surface area (Å²) in [5.74, 6) is 5.90. The Kier molecular flexibility index (Phi) is 6.11. The van der Waals surface area contributed by atoms with E-state index in [0.29, 0.717) is 34.5 Å². The summed E-state index contributed by atoms with van der Waals surface area (Å²) in [6.45, 7) is 0.271. The second kappa shape index (κ2) is 9.41. The van der Waals surface area contributed by atoms with Crippen LogP contribution in [0.5, 0.6) is 5.75 Å². The molecule has 186 valence electrons. The molecule has 3 amide bonds. The number of aliphatic hydroxyl groups is 1. The molecule has 0 saturated carbocycles. The molecular weight excluding hydrogens is 475 g/mol. The topological polar surface area (TPSA) is 115 Å². The van der Waals surface area contributed by atoms with Crippen LogP contribution in [0.4, 0.5) is 9.18 Å². The van der Waals surface area contributed by atoms with Crippen molar-refractivity contribution in [3.63, 3.8) is 0 Å². The number of carbonyl (C=O) groups is 2. The Morgan fingerprint density at radius 2 is 1.81 bits per heavy atom. The highest BCUT2D eigenvalue weighted by atomic mass is 19.1. The van der Waals surface area contributed by atoms with E-state index >= 15 is 0 Å². The van der Waals surface area contributed by atoms with Crippen molar-refractivity contribution in [1.29, 1.82) is 5.41 Å². The van der Waals surface area contributed by atoms with Gasteiger partial charge in [0, 0.05) is 28.8 Å². The molecule has 37 heavy (non-hydrogen) atoms. The third-order valence-electron chi connectivity index (χ3n) is 6.44. The number of hydrogen-bond donors (Lipinski definition) is 4. The molecule has 0 aromatic heterocycles. The van der Waals surface area contributed by atoms with Crippen molar-refractivity contribution in [3.05, 3.63) is 100 Å². The number of aliphatic hydroxyl groups excluding tert-OH is 1. The quantitative estimate of drug-likeness (QED) is 0.320. The number of benzene rings is 3. The largest absolute Gasteiger partial charge is 0.497 e. The van der Waals surface area contributed by atoms with E-state index in [0.717, 1.165) is 5.56 Å². The Balaban J connectivity index is 1.38. The van der Waals surface area contributed by atoms with Gasteiger partial charge in [0.2, 0.25) is 0 Å². The first-order chi connectivity index (χ1) is 17.8. The van der Waals surface area contributed by atoms with E-state index in [4.69, 9.17) is 10.1 Å². The summed E-state index contributed by atoms with van der Waals surface area (Å²) in [6, 6.07) is 17.2. The van der Waals surface area contributed by atoms with Gasteiger partial charge in [0.15, 0.2) is 11.8 Å². The number of carbonyl (C=O) groups excluding carboxylic acids is 2. The van der Waals surface area contributed by atoms with Gasteiger partial charge in [0.25, 0.3) is 5.91 Å².